The summed E-state index contributed by atoms with van der Waals surface area (Å²) in [4.78, 5) is 8.22. The Morgan fingerprint density at radius 1 is 1.33 bits per heavy atom. The number of benzene rings is 1. The zero-order chi connectivity index (χ0) is 17.3. The van der Waals surface area contributed by atoms with Gasteiger partial charge in [0.25, 0.3) is 0 Å². The van der Waals surface area contributed by atoms with Crippen LogP contribution in [0.3, 0.4) is 0 Å². The molecule has 0 spiro atoms. The fraction of sp³-hybridized carbons (Fsp3) is 0.235. The Morgan fingerprint density at radius 3 is 2.83 bits per heavy atom. The van der Waals surface area contributed by atoms with Crippen LogP contribution in [0.15, 0.2) is 37.1 Å². The van der Waals surface area contributed by atoms with Crippen molar-refractivity contribution in [1.29, 1.82) is 0 Å². The molecule has 0 fully saturated rings. The summed E-state index contributed by atoms with van der Waals surface area (Å²) in [5.41, 5.74) is 1.19. The molecule has 0 aliphatic heterocycles. The minimum absolute atomic E-state index is 0.0611. The molecule has 3 aromatic rings. The van der Waals surface area contributed by atoms with Gasteiger partial charge in [0, 0.05) is 18.0 Å². The maximum Gasteiger partial charge on any atom is 0.324 e. The average molecular weight is 330 g/mol. The van der Waals surface area contributed by atoms with Gasteiger partial charge >= 0.3 is 6.01 Å². The molecule has 24 heavy (non-hydrogen) atoms. The number of ether oxygens (including phenoxy) is 1. The third kappa shape index (κ3) is 3.24. The van der Waals surface area contributed by atoms with Gasteiger partial charge in [-0.05, 0) is 24.0 Å². The molecule has 2 aromatic heterocycles. The van der Waals surface area contributed by atoms with Gasteiger partial charge in [0.05, 0.1) is 5.39 Å². The predicted molar refractivity (Wildman–Crippen MR) is 85.8 cm³/mol. The number of hydrogen-bond acceptors (Lipinski definition) is 4. The predicted octanol–water partition coefficient (Wildman–Crippen LogP) is 4.18. The van der Waals surface area contributed by atoms with Crippen molar-refractivity contribution in [2.45, 2.75) is 20.3 Å². The van der Waals surface area contributed by atoms with Crippen LogP contribution in [0.25, 0.3) is 11.0 Å². The minimum atomic E-state index is -0.825. The van der Waals surface area contributed by atoms with Gasteiger partial charge in [0.1, 0.15) is 5.82 Å². The molecule has 5 nitrogen and oxygen atoms in total. The highest BCUT2D eigenvalue weighted by Gasteiger charge is 2.18. The van der Waals surface area contributed by atoms with E-state index in [4.69, 9.17) is 4.74 Å². The van der Waals surface area contributed by atoms with Crippen molar-refractivity contribution in [2.24, 2.45) is 5.41 Å². The third-order valence-electron chi connectivity index (χ3n) is 3.65. The number of halogens is 2. The van der Waals surface area contributed by atoms with E-state index in [2.05, 4.69) is 40.6 Å². The molecule has 124 valence electrons. The number of allylic oxidation sites excluding steroid dienone is 1. The van der Waals surface area contributed by atoms with E-state index in [-0.39, 0.29) is 17.2 Å². The summed E-state index contributed by atoms with van der Waals surface area (Å²) in [6.45, 7) is 7.94. The second-order valence-corrected chi connectivity index (χ2v) is 6.14. The fourth-order valence-corrected chi connectivity index (χ4v) is 2.20. The maximum atomic E-state index is 13.6. The Bertz CT molecular complexity index is 905. The average Bonchev–Trinajstić information content (AvgIpc) is 2.92. The van der Waals surface area contributed by atoms with Crippen molar-refractivity contribution in [1.82, 2.24) is 20.2 Å². The van der Waals surface area contributed by atoms with Crippen LogP contribution in [0.1, 0.15) is 19.5 Å². The first-order chi connectivity index (χ1) is 11.4. The molecule has 0 atom stereocenters. The zero-order valence-electron chi connectivity index (χ0n) is 13.3. The number of aromatic nitrogens is 4. The fourth-order valence-electron chi connectivity index (χ4n) is 2.20. The van der Waals surface area contributed by atoms with Gasteiger partial charge in [0.2, 0.25) is 0 Å². The van der Waals surface area contributed by atoms with Crippen LogP contribution >= 0.6 is 0 Å². The first-order valence-electron chi connectivity index (χ1n) is 7.34. The topological polar surface area (TPSA) is 63.7 Å². The first-order valence-corrected chi connectivity index (χ1v) is 7.34. The standard InChI is InChI=1S/C17H16F2N4O/c1-4-17(2,3)8-13-11-9-20-16(21-15(11)23-22-13)24-14-6-5-10(18)7-12(14)19/h4-7,9H,1,8H2,2-3H3,(H,20,21,22,23). The molecule has 0 saturated heterocycles. The summed E-state index contributed by atoms with van der Waals surface area (Å²) >= 11 is 0. The van der Waals surface area contributed by atoms with E-state index in [9.17, 15) is 8.78 Å². The van der Waals surface area contributed by atoms with Gasteiger partial charge in [-0.3, -0.25) is 5.10 Å². The van der Waals surface area contributed by atoms with E-state index in [1.165, 1.54) is 6.07 Å². The molecule has 1 aromatic carbocycles. The lowest BCUT2D eigenvalue weighted by atomic mass is 9.87. The monoisotopic (exact) mass is 330 g/mol. The molecule has 2 heterocycles. The van der Waals surface area contributed by atoms with Gasteiger partial charge in [-0.25, -0.2) is 13.8 Å². The molecule has 7 heteroatoms. The van der Waals surface area contributed by atoms with Crippen molar-refractivity contribution < 1.29 is 13.5 Å². The Labute approximate surface area is 137 Å². The van der Waals surface area contributed by atoms with Crippen LogP contribution in [0.4, 0.5) is 8.78 Å². The second kappa shape index (κ2) is 5.99. The minimum Gasteiger partial charge on any atom is -0.421 e. The van der Waals surface area contributed by atoms with Crippen LogP contribution < -0.4 is 4.74 Å². The van der Waals surface area contributed by atoms with Crippen LogP contribution in [-0.2, 0) is 6.42 Å². The summed E-state index contributed by atoms with van der Waals surface area (Å²) in [6.07, 6.45) is 4.13. The summed E-state index contributed by atoms with van der Waals surface area (Å²) in [7, 11) is 0. The molecular formula is C17H16F2N4O. The van der Waals surface area contributed by atoms with Crippen molar-refractivity contribution in [2.75, 3.05) is 0 Å². The van der Waals surface area contributed by atoms with E-state index < -0.39 is 11.6 Å². The van der Waals surface area contributed by atoms with E-state index in [0.29, 0.717) is 12.1 Å². The Hall–Kier alpha value is -2.83. The lowest BCUT2D eigenvalue weighted by Crippen LogP contribution is -2.11. The molecule has 0 bridgehead atoms. The molecule has 0 saturated carbocycles. The Balaban J connectivity index is 1.88. The molecule has 0 aliphatic carbocycles. The molecule has 0 unspecified atom stereocenters. The lowest BCUT2D eigenvalue weighted by molar-refractivity contribution is 0.409. The zero-order valence-corrected chi connectivity index (χ0v) is 13.3. The van der Waals surface area contributed by atoms with E-state index >= 15 is 0 Å². The van der Waals surface area contributed by atoms with Gasteiger partial charge in [-0.1, -0.05) is 19.9 Å². The number of nitrogens with one attached hydrogen (secondary N) is 1. The Kier molecular flexibility index (Phi) is 4.01. The van der Waals surface area contributed by atoms with Crippen LogP contribution in [0.2, 0.25) is 0 Å². The summed E-state index contributed by atoms with van der Waals surface area (Å²) in [6, 6.07) is 2.95. The molecule has 3 rings (SSSR count). The number of H-pyrrole nitrogens is 1. The van der Waals surface area contributed by atoms with Gasteiger partial charge < -0.3 is 4.74 Å². The van der Waals surface area contributed by atoms with E-state index in [1.807, 2.05) is 6.08 Å². The Morgan fingerprint density at radius 2 is 2.12 bits per heavy atom. The molecule has 0 aliphatic rings. The van der Waals surface area contributed by atoms with Crippen LogP contribution in [0.5, 0.6) is 11.8 Å². The highest BCUT2D eigenvalue weighted by Crippen LogP contribution is 2.27. The summed E-state index contributed by atoms with van der Waals surface area (Å²) < 4.78 is 31.8. The van der Waals surface area contributed by atoms with Crippen molar-refractivity contribution >= 4 is 11.0 Å². The van der Waals surface area contributed by atoms with Gasteiger partial charge in [-0.2, -0.15) is 10.1 Å². The van der Waals surface area contributed by atoms with Crippen molar-refractivity contribution in [3.63, 3.8) is 0 Å². The third-order valence-corrected chi connectivity index (χ3v) is 3.65. The smallest absolute Gasteiger partial charge is 0.324 e. The highest BCUT2D eigenvalue weighted by atomic mass is 19.1. The van der Waals surface area contributed by atoms with Gasteiger partial charge in [-0.15, -0.1) is 6.58 Å². The molecule has 1 N–H and O–H groups in total. The number of nitrogens with zero attached hydrogens (tertiary/aromatic N) is 3. The first kappa shape index (κ1) is 16.0. The second-order valence-electron chi connectivity index (χ2n) is 6.14. The number of fused-ring (bicyclic) bond motifs is 1. The van der Waals surface area contributed by atoms with Crippen molar-refractivity contribution in [3.8, 4) is 11.8 Å². The SMILES string of the molecule is C=CC(C)(C)Cc1[nH]nc2nc(Oc3ccc(F)cc3F)ncc12. The maximum absolute atomic E-state index is 13.6. The molecule has 0 radical (unpaired) electrons. The van der Waals surface area contributed by atoms with E-state index in [0.717, 1.165) is 23.2 Å². The van der Waals surface area contributed by atoms with Crippen LogP contribution in [0, 0.1) is 17.0 Å². The quantitative estimate of drug-likeness (QED) is 0.713. The number of aromatic amines is 1. The highest BCUT2D eigenvalue weighted by molar-refractivity contribution is 5.77. The molecule has 0 amide bonds. The number of rotatable bonds is 5. The lowest BCUT2D eigenvalue weighted by Gasteiger charge is -2.18. The molecular weight excluding hydrogens is 314 g/mol. The summed E-state index contributed by atoms with van der Waals surface area (Å²) in [5.74, 6) is -1.66. The van der Waals surface area contributed by atoms with Crippen molar-refractivity contribution in [3.05, 3.63) is 54.4 Å². The van der Waals surface area contributed by atoms with E-state index in [1.54, 1.807) is 6.20 Å². The number of hydrogen-bond donors (Lipinski definition) is 1. The normalized spacial score (nSPS) is 11.7. The largest absolute Gasteiger partial charge is 0.421 e. The van der Waals surface area contributed by atoms with Gasteiger partial charge in [0.15, 0.2) is 17.2 Å². The summed E-state index contributed by atoms with van der Waals surface area (Å²) in [5, 5.41) is 7.83. The van der Waals surface area contributed by atoms with Crippen LogP contribution in [-0.4, -0.2) is 20.2 Å².